The van der Waals surface area contributed by atoms with Crippen LogP contribution in [0.3, 0.4) is 0 Å². The molecule has 0 fully saturated rings. The predicted octanol–water partition coefficient (Wildman–Crippen LogP) is 2.73. The summed E-state index contributed by atoms with van der Waals surface area (Å²) in [6.45, 7) is 4.46. The zero-order valence-electron chi connectivity index (χ0n) is 11.3. The molecule has 1 heterocycles. The minimum Gasteiger partial charge on any atom is -0.388 e. The third-order valence-electron chi connectivity index (χ3n) is 2.85. The highest BCUT2D eigenvalue weighted by Gasteiger charge is 2.08. The lowest BCUT2D eigenvalue weighted by Gasteiger charge is -2.08. The smallest absolute Gasteiger partial charge is 0.251 e. The summed E-state index contributed by atoms with van der Waals surface area (Å²) in [7, 11) is 1.87. The Hall–Kier alpha value is -1.88. The molecule has 1 aromatic carbocycles. The van der Waals surface area contributed by atoms with Gasteiger partial charge in [-0.3, -0.25) is 4.79 Å². The molecular formula is C14H17N3OS. The van der Waals surface area contributed by atoms with E-state index in [1.807, 2.05) is 39.1 Å². The number of aryl methyl sites for hydroxylation is 2. The number of hydrogen-bond donors (Lipinski definition) is 2. The van der Waals surface area contributed by atoms with E-state index in [0.717, 1.165) is 21.1 Å². The molecule has 1 aromatic heterocycles. The first kappa shape index (κ1) is 13.5. The molecule has 0 aliphatic heterocycles. The highest BCUT2D eigenvalue weighted by Crippen LogP contribution is 2.16. The van der Waals surface area contributed by atoms with Gasteiger partial charge in [0.2, 0.25) is 0 Å². The Kier molecular flexibility index (Phi) is 4.16. The molecule has 0 spiro atoms. The van der Waals surface area contributed by atoms with Crippen LogP contribution in [0.4, 0.5) is 5.69 Å². The van der Waals surface area contributed by atoms with E-state index in [1.54, 1.807) is 17.5 Å². The van der Waals surface area contributed by atoms with Crippen molar-refractivity contribution in [3.05, 3.63) is 45.4 Å². The molecule has 0 saturated heterocycles. The number of rotatable bonds is 4. The van der Waals surface area contributed by atoms with Gasteiger partial charge in [-0.1, -0.05) is 0 Å². The minimum atomic E-state index is -0.0585. The Labute approximate surface area is 116 Å². The van der Waals surface area contributed by atoms with Gasteiger partial charge in [0.15, 0.2) is 0 Å². The summed E-state index contributed by atoms with van der Waals surface area (Å²) in [5.74, 6) is -0.0585. The van der Waals surface area contributed by atoms with Crippen LogP contribution in [0.2, 0.25) is 0 Å². The van der Waals surface area contributed by atoms with Crippen LogP contribution in [-0.2, 0) is 6.54 Å². The highest BCUT2D eigenvalue weighted by molar-refractivity contribution is 7.11. The number of carbonyl (C=O) groups excluding carboxylic acids is 1. The average molecular weight is 275 g/mol. The topological polar surface area (TPSA) is 54.0 Å². The monoisotopic (exact) mass is 275 g/mol. The summed E-state index contributed by atoms with van der Waals surface area (Å²) in [5, 5.41) is 7.00. The first-order chi connectivity index (χ1) is 9.10. The van der Waals surface area contributed by atoms with Crippen LogP contribution in [0, 0.1) is 13.8 Å². The molecule has 0 unspecified atom stereocenters. The molecule has 2 aromatic rings. The van der Waals surface area contributed by atoms with Crippen LogP contribution in [0.25, 0.3) is 0 Å². The van der Waals surface area contributed by atoms with E-state index in [-0.39, 0.29) is 5.91 Å². The fraction of sp³-hybridized carbons (Fsp3) is 0.286. The summed E-state index contributed by atoms with van der Waals surface area (Å²) in [6.07, 6.45) is 1.80. The van der Waals surface area contributed by atoms with E-state index in [4.69, 9.17) is 0 Å². The molecule has 100 valence electrons. The van der Waals surface area contributed by atoms with Gasteiger partial charge in [-0.15, -0.1) is 11.3 Å². The molecule has 2 rings (SSSR count). The van der Waals surface area contributed by atoms with E-state index < -0.39 is 0 Å². The maximum absolute atomic E-state index is 12.0. The molecule has 19 heavy (non-hydrogen) atoms. The van der Waals surface area contributed by atoms with Crippen LogP contribution in [0.5, 0.6) is 0 Å². The summed E-state index contributed by atoms with van der Waals surface area (Å²) in [4.78, 5) is 17.3. The first-order valence-corrected chi connectivity index (χ1v) is 6.89. The molecule has 5 heteroatoms. The van der Waals surface area contributed by atoms with Gasteiger partial charge in [-0.05, 0) is 37.6 Å². The minimum absolute atomic E-state index is 0.0585. The van der Waals surface area contributed by atoms with Crippen LogP contribution < -0.4 is 10.6 Å². The van der Waals surface area contributed by atoms with Crippen LogP contribution >= 0.6 is 11.3 Å². The molecule has 0 radical (unpaired) electrons. The van der Waals surface area contributed by atoms with Crippen molar-refractivity contribution in [1.29, 1.82) is 0 Å². The normalized spacial score (nSPS) is 10.3. The summed E-state index contributed by atoms with van der Waals surface area (Å²) < 4.78 is 0. The van der Waals surface area contributed by atoms with E-state index in [1.165, 1.54) is 0 Å². The Balaban J connectivity index is 2.01. The quantitative estimate of drug-likeness (QED) is 0.902. The molecule has 2 N–H and O–H groups in total. The van der Waals surface area contributed by atoms with Gasteiger partial charge in [-0.25, -0.2) is 4.98 Å². The Morgan fingerprint density at radius 1 is 1.37 bits per heavy atom. The lowest BCUT2D eigenvalue weighted by Crippen LogP contribution is -2.22. The maximum Gasteiger partial charge on any atom is 0.251 e. The lowest BCUT2D eigenvalue weighted by molar-refractivity contribution is 0.0951. The van der Waals surface area contributed by atoms with Gasteiger partial charge >= 0.3 is 0 Å². The van der Waals surface area contributed by atoms with Crippen LogP contribution in [0.15, 0.2) is 24.4 Å². The molecule has 4 nitrogen and oxygen atoms in total. The number of benzene rings is 1. The molecule has 0 aliphatic rings. The Bertz CT molecular complexity index is 592. The second-order valence-electron chi connectivity index (χ2n) is 4.31. The largest absolute Gasteiger partial charge is 0.388 e. The number of anilines is 1. The summed E-state index contributed by atoms with van der Waals surface area (Å²) in [5.41, 5.74) is 2.77. The number of amides is 1. The van der Waals surface area contributed by atoms with E-state index in [0.29, 0.717) is 12.1 Å². The zero-order valence-corrected chi connectivity index (χ0v) is 12.1. The first-order valence-electron chi connectivity index (χ1n) is 6.08. The van der Waals surface area contributed by atoms with Gasteiger partial charge < -0.3 is 10.6 Å². The Morgan fingerprint density at radius 3 is 2.74 bits per heavy atom. The van der Waals surface area contributed by atoms with Crippen molar-refractivity contribution in [3.63, 3.8) is 0 Å². The zero-order chi connectivity index (χ0) is 13.8. The Morgan fingerprint density at radius 2 is 2.16 bits per heavy atom. The lowest BCUT2D eigenvalue weighted by atomic mass is 10.1. The van der Waals surface area contributed by atoms with Crippen molar-refractivity contribution >= 4 is 22.9 Å². The van der Waals surface area contributed by atoms with Gasteiger partial charge in [-0.2, -0.15) is 0 Å². The van der Waals surface area contributed by atoms with Crippen molar-refractivity contribution in [2.45, 2.75) is 20.4 Å². The van der Waals surface area contributed by atoms with Gasteiger partial charge in [0.1, 0.15) is 0 Å². The second kappa shape index (κ2) is 5.84. The van der Waals surface area contributed by atoms with E-state index >= 15 is 0 Å². The van der Waals surface area contributed by atoms with Gasteiger partial charge in [0.25, 0.3) is 5.91 Å². The highest BCUT2D eigenvalue weighted by atomic mass is 32.1. The third-order valence-corrected chi connectivity index (χ3v) is 3.76. The molecular weight excluding hydrogens is 258 g/mol. The molecule has 0 atom stereocenters. The second-order valence-corrected chi connectivity index (χ2v) is 5.63. The predicted molar refractivity (Wildman–Crippen MR) is 78.7 cm³/mol. The number of thiazole rings is 1. The maximum atomic E-state index is 12.0. The fourth-order valence-corrected chi connectivity index (χ4v) is 2.58. The molecule has 0 saturated carbocycles. The van der Waals surface area contributed by atoms with Crippen LogP contribution in [0.1, 0.15) is 25.8 Å². The van der Waals surface area contributed by atoms with Crippen molar-refractivity contribution in [2.24, 2.45) is 0 Å². The SMILES string of the molecule is CNc1ccc(C(=O)NCc2cnc(C)s2)cc1C. The molecule has 0 bridgehead atoms. The number of nitrogens with zero attached hydrogens (tertiary/aromatic N) is 1. The van der Waals surface area contributed by atoms with Crippen molar-refractivity contribution in [1.82, 2.24) is 10.3 Å². The van der Waals surface area contributed by atoms with Gasteiger partial charge in [0, 0.05) is 29.4 Å². The summed E-state index contributed by atoms with van der Waals surface area (Å²) in [6, 6.07) is 5.63. The number of hydrogen-bond acceptors (Lipinski definition) is 4. The molecule has 1 amide bonds. The van der Waals surface area contributed by atoms with Crippen molar-refractivity contribution < 1.29 is 4.79 Å². The van der Waals surface area contributed by atoms with Crippen molar-refractivity contribution in [3.8, 4) is 0 Å². The van der Waals surface area contributed by atoms with Crippen molar-refractivity contribution in [2.75, 3.05) is 12.4 Å². The number of aromatic nitrogens is 1. The standard InChI is InChI=1S/C14H17N3OS/c1-9-6-11(4-5-13(9)15-3)14(18)17-8-12-7-16-10(2)19-12/h4-7,15H,8H2,1-3H3,(H,17,18). The van der Waals surface area contributed by atoms with Gasteiger partial charge in [0.05, 0.1) is 11.6 Å². The molecule has 0 aliphatic carbocycles. The summed E-state index contributed by atoms with van der Waals surface area (Å²) >= 11 is 1.60. The third kappa shape index (κ3) is 3.32. The van der Waals surface area contributed by atoms with E-state index in [9.17, 15) is 4.79 Å². The average Bonchev–Trinajstić information content (AvgIpc) is 2.81. The number of carbonyl (C=O) groups is 1. The number of nitrogens with one attached hydrogen (secondary N) is 2. The van der Waals surface area contributed by atoms with Crippen LogP contribution in [-0.4, -0.2) is 17.9 Å². The van der Waals surface area contributed by atoms with E-state index in [2.05, 4.69) is 15.6 Å². The fourth-order valence-electron chi connectivity index (χ4n) is 1.84.